The quantitative estimate of drug-likeness (QED) is 0.625. The summed E-state index contributed by atoms with van der Waals surface area (Å²) in [5.41, 5.74) is 1.28. The Morgan fingerprint density at radius 1 is 1.45 bits per heavy atom. The summed E-state index contributed by atoms with van der Waals surface area (Å²) in [7, 11) is 1.84. The molecule has 1 saturated heterocycles. The highest BCUT2D eigenvalue weighted by Gasteiger charge is 2.18. The highest BCUT2D eigenvalue weighted by molar-refractivity contribution is 8.00. The average molecular weight is 321 g/mol. The molecule has 0 radical (unpaired) electrons. The lowest BCUT2D eigenvalue weighted by atomic mass is 9.89. The van der Waals surface area contributed by atoms with Crippen LogP contribution in [0, 0.1) is 5.92 Å². The number of hydrogen-bond donors (Lipinski definition) is 2. The van der Waals surface area contributed by atoms with Gasteiger partial charge in [-0.05, 0) is 36.1 Å². The van der Waals surface area contributed by atoms with Gasteiger partial charge in [0.05, 0.1) is 0 Å². The molecule has 0 aromatic carbocycles. The summed E-state index contributed by atoms with van der Waals surface area (Å²) >= 11 is 2.07. The summed E-state index contributed by atoms with van der Waals surface area (Å²) < 4.78 is 0. The van der Waals surface area contributed by atoms with Crippen LogP contribution in [0.1, 0.15) is 38.2 Å². The highest BCUT2D eigenvalue weighted by atomic mass is 32.2. The van der Waals surface area contributed by atoms with E-state index in [1.54, 1.807) is 0 Å². The standard InChI is InChI=1S/C17H28N4S/c1-13(2)16(14-6-4-8-19-10-14)12-21-17(18-3)20-11-15-7-5-9-22-15/h4,6,8,10,13,15-16H,5,7,9,11-12H2,1-3H3,(H2,18,20,21). The van der Waals surface area contributed by atoms with E-state index in [0.717, 1.165) is 24.3 Å². The van der Waals surface area contributed by atoms with Crippen molar-refractivity contribution in [3.05, 3.63) is 30.1 Å². The van der Waals surface area contributed by atoms with E-state index >= 15 is 0 Å². The topological polar surface area (TPSA) is 49.3 Å². The predicted molar refractivity (Wildman–Crippen MR) is 96.7 cm³/mol. The highest BCUT2D eigenvalue weighted by Crippen LogP contribution is 2.25. The van der Waals surface area contributed by atoms with Crippen molar-refractivity contribution in [3.8, 4) is 0 Å². The maximum absolute atomic E-state index is 4.34. The monoisotopic (exact) mass is 320 g/mol. The number of guanidine groups is 1. The lowest BCUT2D eigenvalue weighted by Gasteiger charge is -2.23. The molecule has 0 bridgehead atoms. The summed E-state index contributed by atoms with van der Waals surface area (Å²) in [5.74, 6) is 3.20. The largest absolute Gasteiger partial charge is 0.356 e. The molecule has 1 aliphatic heterocycles. The van der Waals surface area contributed by atoms with Gasteiger partial charge in [0.15, 0.2) is 5.96 Å². The molecule has 1 aromatic rings. The van der Waals surface area contributed by atoms with Gasteiger partial charge in [-0.2, -0.15) is 11.8 Å². The molecule has 0 amide bonds. The third-order valence-corrected chi connectivity index (χ3v) is 5.55. The maximum Gasteiger partial charge on any atom is 0.191 e. The second kappa shape index (κ2) is 9.03. The van der Waals surface area contributed by atoms with Crippen LogP contribution in [0.3, 0.4) is 0 Å². The van der Waals surface area contributed by atoms with Crippen molar-refractivity contribution in [3.63, 3.8) is 0 Å². The van der Waals surface area contributed by atoms with Crippen molar-refractivity contribution >= 4 is 17.7 Å². The van der Waals surface area contributed by atoms with Crippen molar-refractivity contribution in [1.29, 1.82) is 0 Å². The number of thioether (sulfide) groups is 1. The molecular weight excluding hydrogens is 292 g/mol. The van der Waals surface area contributed by atoms with E-state index in [-0.39, 0.29) is 0 Å². The van der Waals surface area contributed by atoms with Gasteiger partial charge in [0.2, 0.25) is 0 Å². The van der Waals surface area contributed by atoms with Crippen LogP contribution in [0.25, 0.3) is 0 Å². The van der Waals surface area contributed by atoms with Gasteiger partial charge in [0.1, 0.15) is 0 Å². The van der Waals surface area contributed by atoms with Gasteiger partial charge in [-0.25, -0.2) is 0 Å². The van der Waals surface area contributed by atoms with Crippen molar-refractivity contribution < 1.29 is 0 Å². The van der Waals surface area contributed by atoms with E-state index in [9.17, 15) is 0 Å². The Hall–Kier alpha value is -1.23. The van der Waals surface area contributed by atoms with Crippen LogP contribution in [-0.4, -0.2) is 42.1 Å². The minimum atomic E-state index is 0.438. The normalized spacial score (nSPS) is 20.2. The average Bonchev–Trinajstić information content (AvgIpc) is 3.04. The maximum atomic E-state index is 4.34. The van der Waals surface area contributed by atoms with Crippen molar-refractivity contribution in [2.75, 3.05) is 25.9 Å². The third kappa shape index (κ3) is 5.20. The van der Waals surface area contributed by atoms with Crippen LogP contribution in [0.2, 0.25) is 0 Å². The molecule has 22 heavy (non-hydrogen) atoms. The van der Waals surface area contributed by atoms with E-state index in [4.69, 9.17) is 0 Å². The Bertz CT molecular complexity index is 455. The Morgan fingerprint density at radius 3 is 2.91 bits per heavy atom. The molecule has 0 aliphatic carbocycles. The van der Waals surface area contributed by atoms with E-state index in [0.29, 0.717) is 11.8 Å². The van der Waals surface area contributed by atoms with E-state index in [2.05, 4.69) is 52.3 Å². The molecule has 2 N–H and O–H groups in total. The first-order chi connectivity index (χ1) is 10.7. The third-order valence-electron chi connectivity index (χ3n) is 4.15. The Balaban J connectivity index is 1.84. The number of hydrogen-bond acceptors (Lipinski definition) is 3. The van der Waals surface area contributed by atoms with Gasteiger partial charge in [-0.3, -0.25) is 9.98 Å². The molecule has 1 aliphatic rings. The number of aliphatic imine (C=N–C) groups is 1. The predicted octanol–water partition coefficient (Wildman–Crippen LogP) is 2.88. The van der Waals surface area contributed by atoms with Gasteiger partial charge in [0, 0.05) is 43.7 Å². The molecule has 1 aromatic heterocycles. The fourth-order valence-electron chi connectivity index (χ4n) is 2.78. The lowest BCUT2D eigenvalue weighted by molar-refractivity contribution is 0.487. The summed E-state index contributed by atoms with van der Waals surface area (Å²) in [5, 5.41) is 7.67. The van der Waals surface area contributed by atoms with Crippen molar-refractivity contribution in [1.82, 2.24) is 15.6 Å². The van der Waals surface area contributed by atoms with Crippen LogP contribution >= 0.6 is 11.8 Å². The zero-order valence-electron chi connectivity index (χ0n) is 13.9. The molecule has 0 saturated carbocycles. The first kappa shape index (κ1) is 17.1. The molecule has 2 unspecified atom stereocenters. The molecular formula is C17H28N4S. The SMILES string of the molecule is CN=C(NCC1CCCS1)NCC(c1cccnc1)C(C)C. The second-order valence-electron chi connectivity index (χ2n) is 6.11. The number of nitrogens with one attached hydrogen (secondary N) is 2. The van der Waals surface area contributed by atoms with E-state index in [1.807, 2.05) is 25.5 Å². The van der Waals surface area contributed by atoms with Gasteiger partial charge < -0.3 is 10.6 Å². The molecule has 2 rings (SSSR count). The molecule has 5 heteroatoms. The van der Waals surface area contributed by atoms with Crippen LogP contribution in [0.5, 0.6) is 0 Å². The molecule has 2 heterocycles. The van der Waals surface area contributed by atoms with Gasteiger partial charge >= 0.3 is 0 Å². The molecule has 122 valence electrons. The zero-order valence-corrected chi connectivity index (χ0v) is 14.7. The van der Waals surface area contributed by atoms with E-state index < -0.39 is 0 Å². The fraction of sp³-hybridized carbons (Fsp3) is 0.647. The van der Waals surface area contributed by atoms with Crippen LogP contribution in [0.15, 0.2) is 29.5 Å². The number of nitrogens with zero attached hydrogens (tertiary/aromatic N) is 2. The summed E-state index contributed by atoms with van der Waals surface area (Å²) in [6, 6.07) is 4.17. The minimum absolute atomic E-state index is 0.438. The second-order valence-corrected chi connectivity index (χ2v) is 7.51. The van der Waals surface area contributed by atoms with Gasteiger partial charge in [0.25, 0.3) is 0 Å². The number of rotatable bonds is 6. The first-order valence-corrected chi connectivity index (χ1v) is 9.21. The minimum Gasteiger partial charge on any atom is -0.356 e. The lowest BCUT2D eigenvalue weighted by Crippen LogP contribution is -2.42. The fourth-order valence-corrected chi connectivity index (χ4v) is 3.98. The smallest absolute Gasteiger partial charge is 0.191 e. The summed E-state index contributed by atoms with van der Waals surface area (Å²) in [4.78, 5) is 8.59. The Kier molecular flexibility index (Phi) is 7.03. The van der Waals surface area contributed by atoms with Gasteiger partial charge in [-0.1, -0.05) is 19.9 Å². The van der Waals surface area contributed by atoms with Crippen molar-refractivity contribution in [2.24, 2.45) is 10.9 Å². The number of aromatic nitrogens is 1. The molecule has 1 fully saturated rings. The molecule has 4 nitrogen and oxygen atoms in total. The first-order valence-electron chi connectivity index (χ1n) is 8.16. The summed E-state index contributed by atoms with van der Waals surface area (Å²) in [6.45, 7) is 6.39. The van der Waals surface area contributed by atoms with E-state index in [1.165, 1.54) is 24.2 Å². The zero-order chi connectivity index (χ0) is 15.8. The Labute approximate surface area is 138 Å². The number of pyridine rings is 1. The van der Waals surface area contributed by atoms with Gasteiger partial charge in [-0.15, -0.1) is 0 Å². The Morgan fingerprint density at radius 2 is 2.32 bits per heavy atom. The van der Waals surface area contributed by atoms with Crippen molar-refractivity contribution in [2.45, 2.75) is 37.9 Å². The van der Waals surface area contributed by atoms with Crippen LogP contribution in [-0.2, 0) is 0 Å². The van der Waals surface area contributed by atoms with Crippen LogP contribution in [0.4, 0.5) is 0 Å². The molecule has 2 atom stereocenters. The van der Waals surface area contributed by atoms with Crippen LogP contribution < -0.4 is 10.6 Å². The summed E-state index contributed by atoms with van der Waals surface area (Å²) in [6.07, 6.45) is 6.46. The molecule has 0 spiro atoms.